The lowest BCUT2D eigenvalue weighted by Crippen LogP contribution is -1.94. The molecular formula is C52H32N2S. The number of hydrogen-bond acceptors (Lipinski definition) is 1. The maximum atomic E-state index is 2.55. The zero-order valence-corrected chi connectivity index (χ0v) is 30.6. The maximum Gasteiger partial charge on any atom is 0.0734 e. The fourth-order valence-electron chi connectivity index (χ4n) is 9.03. The molecule has 4 heterocycles. The maximum absolute atomic E-state index is 2.55. The summed E-state index contributed by atoms with van der Waals surface area (Å²) in [6, 6.07) is 71.1. The van der Waals surface area contributed by atoms with Gasteiger partial charge in [0, 0.05) is 42.9 Å². The van der Waals surface area contributed by atoms with Crippen LogP contribution < -0.4 is 0 Å². The molecular weight excluding hydrogens is 685 g/mol. The first-order valence-corrected chi connectivity index (χ1v) is 19.7. The van der Waals surface area contributed by atoms with Crippen LogP contribution in [0.1, 0.15) is 0 Å². The Bertz CT molecular complexity index is 3400. The lowest BCUT2D eigenvalue weighted by atomic mass is 10.00. The van der Waals surface area contributed by atoms with Gasteiger partial charge in [-0.05, 0) is 75.8 Å². The summed E-state index contributed by atoms with van der Waals surface area (Å²) in [5, 5.41) is 7.75. The van der Waals surface area contributed by atoms with E-state index in [2.05, 4.69) is 203 Å². The van der Waals surface area contributed by atoms with Gasteiger partial charge in [-0.2, -0.15) is 0 Å². The molecule has 0 radical (unpaired) electrons. The van der Waals surface area contributed by atoms with Gasteiger partial charge in [0.05, 0.1) is 32.5 Å². The first-order valence-electron chi connectivity index (χ1n) is 18.9. The third kappa shape index (κ3) is 4.48. The molecule has 0 amide bonds. The van der Waals surface area contributed by atoms with Gasteiger partial charge in [-0.15, -0.1) is 11.3 Å². The minimum atomic E-state index is 1.16. The smallest absolute Gasteiger partial charge is 0.0734 e. The van der Waals surface area contributed by atoms with E-state index < -0.39 is 0 Å². The average molecular weight is 717 g/mol. The lowest BCUT2D eigenvalue weighted by Gasteiger charge is -2.11. The van der Waals surface area contributed by atoms with Crippen molar-refractivity contribution < 1.29 is 0 Å². The number of aromatic nitrogens is 2. The molecule has 2 nitrogen and oxygen atoms in total. The van der Waals surface area contributed by atoms with E-state index in [1.807, 2.05) is 11.3 Å². The Labute approximate surface area is 321 Å². The second kappa shape index (κ2) is 11.8. The molecule has 0 atom stereocenters. The molecule has 0 unspecified atom stereocenters. The van der Waals surface area contributed by atoms with Crippen molar-refractivity contribution in [3.63, 3.8) is 0 Å². The summed E-state index contributed by atoms with van der Waals surface area (Å²) in [6.45, 7) is 0. The third-order valence-electron chi connectivity index (χ3n) is 11.5. The monoisotopic (exact) mass is 716 g/mol. The number of hydrogen-bond donors (Lipinski definition) is 0. The number of nitrogens with zero attached hydrogens (tertiary/aromatic N) is 2. The summed E-state index contributed by atoms with van der Waals surface area (Å²) in [7, 11) is 0. The standard InChI is InChI=1S/C52H32N2S/c1-4-14-33(15-5-1)36-20-12-21-39(30-36)53-45-25-11-10-22-40(45)43-31-37(26-28-46(43)53)38-27-29-47-44(32-38)41-23-13-24-42-48-50(54(47)49(41)42)52(35-18-8-3-9-19-35)55-51(48)34-16-6-2-7-17-34/h1-32H. The first kappa shape index (κ1) is 30.5. The number of fused-ring (bicyclic) bond motifs is 9. The van der Waals surface area contributed by atoms with E-state index in [-0.39, 0.29) is 0 Å². The van der Waals surface area contributed by atoms with Gasteiger partial charge < -0.3 is 8.97 Å². The van der Waals surface area contributed by atoms with Crippen molar-refractivity contribution in [1.29, 1.82) is 0 Å². The van der Waals surface area contributed by atoms with Crippen LogP contribution in [0.2, 0.25) is 0 Å². The highest BCUT2D eigenvalue weighted by Crippen LogP contribution is 2.51. The molecule has 0 aliphatic heterocycles. The molecule has 4 aromatic heterocycles. The molecule has 55 heavy (non-hydrogen) atoms. The normalized spacial score (nSPS) is 12.0. The Morgan fingerprint density at radius 3 is 1.58 bits per heavy atom. The van der Waals surface area contributed by atoms with Crippen molar-refractivity contribution >= 4 is 71.2 Å². The molecule has 8 aromatic carbocycles. The highest BCUT2D eigenvalue weighted by Gasteiger charge is 2.25. The molecule has 256 valence electrons. The highest BCUT2D eigenvalue weighted by atomic mass is 32.1. The van der Waals surface area contributed by atoms with Gasteiger partial charge in [0.2, 0.25) is 0 Å². The Morgan fingerprint density at radius 1 is 0.309 bits per heavy atom. The Morgan fingerprint density at radius 2 is 0.836 bits per heavy atom. The van der Waals surface area contributed by atoms with Gasteiger partial charge in [0.25, 0.3) is 0 Å². The molecule has 0 bridgehead atoms. The van der Waals surface area contributed by atoms with Gasteiger partial charge in [0.1, 0.15) is 0 Å². The zero-order valence-electron chi connectivity index (χ0n) is 29.8. The van der Waals surface area contributed by atoms with Gasteiger partial charge >= 0.3 is 0 Å². The van der Waals surface area contributed by atoms with Crippen LogP contribution in [0.5, 0.6) is 0 Å². The van der Waals surface area contributed by atoms with Gasteiger partial charge in [0.15, 0.2) is 0 Å². The second-order valence-electron chi connectivity index (χ2n) is 14.5. The molecule has 0 saturated heterocycles. The van der Waals surface area contributed by atoms with Crippen molar-refractivity contribution in [2.24, 2.45) is 0 Å². The van der Waals surface area contributed by atoms with Crippen LogP contribution in [-0.2, 0) is 0 Å². The van der Waals surface area contributed by atoms with E-state index in [1.54, 1.807) is 0 Å². The average Bonchev–Trinajstić information content (AvgIpc) is 4.00. The van der Waals surface area contributed by atoms with Crippen molar-refractivity contribution in [2.75, 3.05) is 0 Å². The molecule has 0 aliphatic carbocycles. The lowest BCUT2D eigenvalue weighted by molar-refractivity contribution is 1.18. The number of para-hydroxylation sites is 2. The number of thiophene rings is 1. The molecule has 0 N–H and O–H groups in total. The quantitative estimate of drug-likeness (QED) is 0.168. The van der Waals surface area contributed by atoms with Crippen LogP contribution in [0.15, 0.2) is 194 Å². The van der Waals surface area contributed by atoms with Crippen molar-refractivity contribution in [3.05, 3.63) is 194 Å². The van der Waals surface area contributed by atoms with E-state index in [0.29, 0.717) is 0 Å². The van der Waals surface area contributed by atoms with Crippen LogP contribution in [-0.4, -0.2) is 8.97 Å². The van der Waals surface area contributed by atoms with E-state index in [0.717, 1.165) is 5.69 Å². The van der Waals surface area contributed by atoms with E-state index in [9.17, 15) is 0 Å². The first-order chi connectivity index (χ1) is 27.3. The van der Waals surface area contributed by atoms with Crippen LogP contribution >= 0.6 is 11.3 Å². The predicted octanol–water partition coefficient (Wildman–Crippen LogP) is 14.7. The second-order valence-corrected chi connectivity index (χ2v) is 15.5. The zero-order chi connectivity index (χ0) is 36.0. The molecule has 3 heteroatoms. The van der Waals surface area contributed by atoms with Crippen LogP contribution in [0.3, 0.4) is 0 Å². The van der Waals surface area contributed by atoms with Crippen LogP contribution in [0, 0.1) is 0 Å². The molecule has 0 aliphatic rings. The minimum Gasteiger partial charge on any atom is -0.309 e. The Hall–Kier alpha value is -6.94. The third-order valence-corrected chi connectivity index (χ3v) is 12.7. The minimum absolute atomic E-state index is 1.16. The summed E-state index contributed by atoms with van der Waals surface area (Å²) in [4.78, 5) is 2.64. The summed E-state index contributed by atoms with van der Waals surface area (Å²) in [5.74, 6) is 0. The number of rotatable bonds is 5. The number of benzene rings is 8. The van der Waals surface area contributed by atoms with E-state index >= 15 is 0 Å². The topological polar surface area (TPSA) is 9.34 Å². The summed E-state index contributed by atoms with van der Waals surface area (Å²) >= 11 is 1.91. The molecule has 12 aromatic rings. The predicted molar refractivity (Wildman–Crippen MR) is 235 cm³/mol. The fourth-order valence-corrected chi connectivity index (χ4v) is 10.3. The Kier molecular flexibility index (Phi) is 6.54. The summed E-state index contributed by atoms with van der Waals surface area (Å²) in [5.41, 5.74) is 14.8. The molecule has 0 saturated carbocycles. The van der Waals surface area contributed by atoms with Crippen molar-refractivity contribution in [3.8, 4) is 48.8 Å². The molecule has 0 spiro atoms. The molecule has 12 rings (SSSR count). The molecule has 0 fully saturated rings. The van der Waals surface area contributed by atoms with E-state index in [1.165, 1.54) is 103 Å². The Balaban J connectivity index is 1.06. The van der Waals surface area contributed by atoms with Gasteiger partial charge in [-0.1, -0.05) is 152 Å². The fraction of sp³-hybridized carbons (Fsp3) is 0. The van der Waals surface area contributed by atoms with Crippen molar-refractivity contribution in [1.82, 2.24) is 8.97 Å². The van der Waals surface area contributed by atoms with Gasteiger partial charge in [-0.3, -0.25) is 0 Å². The van der Waals surface area contributed by atoms with Gasteiger partial charge in [-0.25, -0.2) is 0 Å². The highest BCUT2D eigenvalue weighted by molar-refractivity contribution is 7.21. The SMILES string of the molecule is c1ccc(-c2cccc(-n3c4ccccc4c4cc(-c5ccc6c(c5)c5cccc7c8c(-c9ccccc9)sc(-c9ccccc9)c8n6c57)ccc43)c2)cc1. The van der Waals surface area contributed by atoms with Crippen LogP contribution in [0.4, 0.5) is 0 Å². The van der Waals surface area contributed by atoms with Crippen molar-refractivity contribution in [2.45, 2.75) is 0 Å². The van der Waals surface area contributed by atoms with Crippen LogP contribution in [0.25, 0.3) is 109 Å². The summed E-state index contributed by atoms with van der Waals surface area (Å²) < 4.78 is 4.96. The summed E-state index contributed by atoms with van der Waals surface area (Å²) in [6.07, 6.45) is 0. The van der Waals surface area contributed by atoms with E-state index in [4.69, 9.17) is 0 Å². The largest absolute Gasteiger partial charge is 0.309 e.